The van der Waals surface area contributed by atoms with Crippen molar-refractivity contribution in [3.63, 3.8) is 0 Å². The summed E-state index contributed by atoms with van der Waals surface area (Å²) in [6.07, 6.45) is 2.34. The second-order valence-corrected chi connectivity index (χ2v) is 7.07. The highest BCUT2D eigenvalue weighted by molar-refractivity contribution is 5.41. The third-order valence-corrected chi connectivity index (χ3v) is 4.20. The number of ether oxygens (including phenoxy) is 2. The second-order valence-electron chi connectivity index (χ2n) is 7.07. The highest BCUT2D eigenvalue weighted by Crippen LogP contribution is 2.32. The topological polar surface area (TPSA) is 21.7 Å². The van der Waals surface area contributed by atoms with Crippen molar-refractivity contribution >= 4 is 0 Å². The average molecular weight is 305 g/mol. The van der Waals surface area contributed by atoms with E-state index in [2.05, 4.69) is 43.9 Å². The molecule has 1 saturated heterocycles. The first kappa shape index (κ1) is 17.3. The highest BCUT2D eigenvalue weighted by Gasteiger charge is 2.19. The summed E-state index contributed by atoms with van der Waals surface area (Å²) < 4.78 is 11.2. The molecule has 1 aromatic carbocycles. The van der Waals surface area contributed by atoms with Crippen LogP contribution < -0.4 is 4.74 Å². The Morgan fingerprint density at radius 1 is 1.18 bits per heavy atom. The van der Waals surface area contributed by atoms with Crippen LogP contribution in [-0.4, -0.2) is 44.4 Å². The van der Waals surface area contributed by atoms with Gasteiger partial charge in [0.1, 0.15) is 5.75 Å². The quantitative estimate of drug-likeness (QED) is 0.801. The molecule has 0 atom stereocenters. The van der Waals surface area contributed by atoms with E-state index in [1.54, 1.807) is 0 Å². The van der Waals surface area contributed by atoms with Crippen LogP contribution in [0.2, 0.25) is 0 Å². The van der Waals surface area contributed by atoms with E-state index in [1.807, 2.05) is 6.92 Å². The van der Waals surface area contributed by atoms with E-state index in [1.165, 1.54) is 24.1 Å². The van der Waals surface area contributed by atoms with Crippen LogP contribution in [0.25, 0.3) is 0 Å². The molecule has 0 saturated carbocycles. The van der Waals surface area contributed by atoms with Crippen molar-refractivity contribution in [3.05, 3.63) is 29.3 Å². The lowest BCUT2D eigenvalue weighted by molar-refractivity contribution is 0.0374. The molecule has 0 amide bonds. The zero-order chi connectivity index (χ0) is 16.0. The smallest absolute Gasteiger partial charge is 0.123 e. The van der Waals surface area contributed by atoms with E-state index in [4.69, 9.17) is 9.47 Å². The van der Waals surface area contributed by atoms with Gasteiger partial charge in [0.05, 0.1) is 19.8 Å². The summed E-state index contributed by atoms with van der Waals surface area (Å²) >= 11 is 0. The molecule has 0 unspecified atom stereocenters. The SMILES string of the molecule is CCOc1ccc(CCCN2CCOCC2)cc1C(C)(C)C. The van der Waals surface area contributed by atoms with Crippen molar-refractivity contribution in [1.82, 2.24) is 4.90 Å². The van der Waals surface area contributed by atoms with Crippen molar-refractivity contribution in [1.29, 1.82) is 0 Å². The van der Waals surface area contributed by atoms with Crippen molar-refractivity contribution < 1.29 is 9.47 Å². The minimum Gasteiger partial charge on any atom is -0.494 e. The van der Waals surface area contributed by atoms with E-state index < -0.39 is 0 Å². The summed E-state index contributed by atoms with van der Waals surface area (Å²) in [6, 6.07) is 6.71. The van der Waals surface area contributed by atoms with Gasteiger partial charge in [-0.15, -0.1) is 0 Å². The summed E-state index contributed by atoms with van der Waals surface area (Å²) in [4.78, 5) is 2.50. The van der Waals surface area contributed by atoms with Crippen LogP contribution in [0.15, 0.2) is 18.2 Å². The Morgan fingerprint density at radius 2 is 1.91 bits per heavy atom. The third-order valence-electron chi connectivity index (χ3n) is 4.20. The molecule has 0 spiro atoms. The molecule has 3 heteroatoms. The Kier molecular flexibility index (Phi) is 6.27. The Hall–Kier alpha value is -1.06. The van der Waals surface area contributed by atoms with Crippen LogP contribution in [-0.2, 0) is 16.6 Å². The predicted octanol–water partition coefficient (Wildman–Crippen LogP) is 3.65. The number of hydrogen-bond donors (Lipinski definition) is 0. The lowest BCUT2D eigenvalue weighted by Gasteiger charge is -2.26. The third kappa shape index (κ3) is 4.99. The summed E-state index contributed by atoms with van der Waals surface area (Å²) in [5, 5.41) is 0. The van der Waals surface area contributed by atoms with Gasteiger partial charge < -0.3 is 9.47 Å². The van der Waals surface area contributed by atoms with Gasteiger partial charge in [0, 0.05) is 13.1 Å². The van der Waals surface area contributed by atoms with Crippen LogP contribution in [0.3, 0.4) is 0 Å². The molecule has 1 heterocycles. The summed E-state index contributed by atoms with van der Waals surface area (Å²) in [5.74, 6) is 1.03. The average Bonchev–Trinajstić information content (AvgIpc) is 2.49. The lowest BCUT2D eigenvalue weighted by atomic mass is 9.85. The molecular formula is C19H31NO2. The Balaban J connectivity index is 1.95. The normalized spacial score (nSPS) is 16.7. The van der Waals surface area contributed by atoms with Gasteiger partial charge in [-0.2, -0.15) is 0 Å². The van der Waals surface area contributed by atoms with E-state index in [0.717, 1.165) is 45.1 Å². The maximum atomic E-state index is 5.80. The van der Waals surface area contributed by atoms with Crippen molar-refractivity contribution in [2.24, 2.45) is 0 Å². The zero-order valence-electron chi connectivity index (χ0n) is 14.7. The first-order valence-electron chi connectivity index (χ1n) is 8.57. The number of hydrogen-bond acceptors (Lipinski definition) is 3. The standard InChI is InChI=1S/C19H31NO2/c1-5-22-18-9-8-16(15-17(18)19(2,3)4)7-6-10-20-11-13-21-14-12-20/h8-9,15H,5-7,10-14H2,1-4H3. The molecular weight excluding hydrogens is 274 g/mol. The van der Waals surface area contributed by atoms with E-state index >= 15 is 0 Å². The van der Waals surface area contributed by atoms with Crippen LogP contribution in [0.4, 0.5) is 0 Å². The number of rotatable bonds is 6. The molecule has 1 aliphatic rings. The number of nitrogens with zero attached hydrogens (tertiary/aromatic N) is 1. The molecule has 0 bridgehead atoms. The molecule has 0 N–H and O–H groups in total. The number of benzene rings is 1. The van der Waals surface area contributed by atoms with Gasteiger partial charge in [0.2, 0.25) is 0 Å². The summed E-state index contributed by atoms with van der Waals surface area (Å²) in [7, 11) is 0. The van der Waals surface area contributed by atoms with E-state index in [0.29, 0.717) is 0 Å². The van der Waals surface area contributed by atoms with Crippen molar-refractivity contribution in [2.75, 3.05) is 39.5 Å². The minimum absolute atomic E-state index is 0.116. The fourth-order valence-corrected chi connectivity index (χ4v) is 2.93. The lowest BCUT2D eigenvalue weighted by Crippen LogP contribution is -2.36. The Labute approximate surface area is 135 Å². The largest absolute Gasteiger partial charge is 0.494 e. The molecule has 1 fully saturated rings. The minimum atomic E-state index is 0.116. The molecule has 1 aromatic rings. The molecule has 0 aliphatic carbocycles. The molecule has 3 nitrogen and oxygen atoms in total. The fraction of sp³-hybridized carbons (Fsp3) is 0.684. The van der Waals surface area contributed by atoms with Gasteiger partial charge in [-0.25, -0.2) is 0 Å². The van der Waals surface area contributed by atoms with Crippen LogP contribution in [0, 0.1) is 0 Å². The van der Waals surface area contributed by atoms with Gasteiger partial charge in [0.15, 0.2) is 0 Å². The van der Waals surface area contributed by atoms with Crippen molar-refractivity contribution in [3.8, 4) is 5.75 Å². The van der Waals surface area contributed by atoms with E-state index in [9.17, 15) is 0 Å². The highest BCUT2D eigenvalue weighted by atomic mass is 16.5. The number of morpholine rings is 1. The first-order valence-corrected chi connectivity index (χ1v) is 8.57. The van der Waals surface area contributed by atoms with Gasteiger partial charge in [0.25, 0.3) is 0 Å². The molecule has 0 aromatic heterocycles. The molecule has 0 radical (unpaired) electrons. The maximum Gasteiger partial charge on any atom is 0.123 e. The summed E-state index contributed by atoms with van der Waals surface area (Å²) in [5.41, 5.74) is 2.85. The molecule has 124 valence electrons. The number of aryl methyl sites for hydroxylation is 1. The monoisotopic (exact) mass is 305 g/mol. The first-order chi connectivity index (χ1) is 10.5. The Bertz CT molecular complexity index is 459. The molecule has 2 rings (SSSR count). The molecule has 22 heavy (non-hydrogen) atoms. The van der Waals surface area contributed by atoms with Gasteiger partial charge >= 0.3 is 0 Å². The fourth-order valence-electron chi connectivity index (χ4n) is 2.93. The van der Waals surface area contributed by atoms with Gasteiger partial charge in [-0.05, 0) is 48.9 Å². The summed E-state index contributed by atoms with van der Waals surface area (Å²) in [6.45, 7) is 14.6. The predicted molar refractivity (Wildman–Crippen MR) is 91.9 cm³/mol. The van der Waals surface area contributed by atoms with Crippen LogP contribution in [0.1, 0.15) is 45.2 Å². The molecule has 1 aliphatic heterocycles. The van der Waals surface area contributed by atoms with Crippen LogP contribution >= 0.6 is 0 Å². The van der Waals surface area contributed by atoms with Gasteiger partial charge in [-0.1, -0.05) is 32.9 Å². The van der Waals surface area contributed by atoms with Crippen LogP contribution in [0.5, 0.6) is 5.75 Å². The maximum absolute atomic E-state index is 5.80. The van der Waals surface area contributed by atoms with Crippen molar-refractivity contribution in [2.45, 2.75) is 46.0 Å². The Morgan fingerprint density at radius 3 is 2.55 bits per heavy atom. The van der Waals surface area contributed by atoms with Gasteiger partial charge in [-0.3, -0.25) is 4.90 Å². The van der Waals surface area contributed by atoms with E-state index in [-0.39, 0.29) is 5.41 Å². The second kappa shape index (κ2) is 7.98. The zero-order valence-corrected chi connectivity index (χ0v) is 14.7.